The highest BCUT2D eigenvalue weighted by Crippen LogP contribution is 2.60. The van der Waals surface area contributed by atoms with Gasteiger partial charge < -0.3 is 14.8 Å². The molecule has 2 aliphatic carbocycles. The molecule has 0 radical (unpaired) electrons. The van der Waals surface area contributed by atoms with Crippen LogP contribution < -0.4 is 10.1 Å². The summed E-state index contributed by atoms with van der Waals surface area (Å²) in [5.74, 6) is 0.0578. The maximum atomic E-state index is 12.9. The van der Waals surface area contributed by atoms with E-state index in [1.165, 1.54) is 11.3 Å². The predicted octanol–water partition coefficient (Wildman–Crippen LogP) is 3.33. The van der Waals surface area contributed by atoms with E-state index < -0.39 is 0 Å². The Morgan fingerprint density at radius 2 is 2.11 bits per heavy atom. The van der Waals surface area contributed by atoms with Gasteiger partial charge in [-0.1, -0.05) is 15.9 Å². The van der Waals surface area contributed by atoms with Crippen LogP contribution in [0, 0.1) is 23.7 Å². The van der Waals surface area contributed by atoms with E-state index in [2.05, 4.69) is 26.2 Å². The van der Waals surface area contributed by atoms with Crippen molar-refractivity contribution in [1.82, 2.24) is 4.98 Å². The standard InChI is InChI=1S/C19H17BrN2O4S/c1-25-9-4-2-8(3-5-9)12-7-27-19(21-12)22-17(23)13-10-6-11-14(13)18(24)26-16(11)15(10)20/h2-5,7,10-11,13-16H,6H2,1H3,(H,21,22,23)/t10-,11-,13-,14+,15-,16+/m1/s1. The first-order chi connectivity index (χ1) is 13.1. The number of nitrogens with one attached hydrogen (secondary N) is 1. The first kappa shape index (κ1) is 17.2. The van der Waals surface area contributed by atoms with E-state index in [-0.39, 0.29) is 46.5 Å². The Balaban J connectivity index is 1.33. The summed E-state index contributed by atoms with van der Waals surface area (Å²) in [6.45, 7) is 0. The fourth-order valence-corrected chi connectivity index (χ4v) is 6.51. The number of aromatic nitrogens is 1. The molecule has 3 fully saturated rings. The summed E-state index contributed by atoms with van der Waals surface area (Å²) in [6.07, 6.45) is 0.794. The zero-order valence-corrected chi connectivity index (χ0v) is 16.8. The molecule has 1 aromatic heterocycles. The minimum atomic E-state index is -0.348. The molecule has 27 heavy (non-hydrogen) atoms. The number of esters is 1. The highest BCUT2D eigenvalue weighted by atomic mass is 79.9. The van der Waals surface area contributed by atoms with Gasteiger partial charge in [0.05, 0.1) is 29.5 Å². The van der Waals surface area contributed by atoms with Crippen molar-refractivity contribution in [3.63, 3.8) is 0 Å². The van der Waals surface area contributed by atoms with E-state index in [4.69, 9.17) is 9.47 Å². The number of benzene rings is 1. The molecular formula is C19H17BrN2O4S. The van der Waals surface area contributed by atoms with Gasteiger partial charge in [0, 0.05) is 16.9 Å². The van der Waals surface area contributed by atoms with Gasteiger partial charge in [-0.05, 0) is 36.6 Å². The molecule has 1 amide bonds. The van der Waals surface area contributed by atoms with E-state index in [0.29, 0.717) is 5.13 Å². The molecule has 5 rings (SSSR count). The fourth-order valence-electron chi connectivity index (χ4n) is 4.74. The molecule has 3 aliphatic rings. The number of halogens is 1. The topological polar surface area (TPSA) is 77.5 Å². The number of nitrogens with zero attached hydrogens (tertiary/aromatic N) is 1. The molecule has 140 valence electrons. The van der Waals surface area contributed by atoms with E-state index >= 15 is 0 Å². The van der Waals surface area contributed by atoms with Crippen LogP contribution in [0.5, 0.6) is 5.75 Å². The van der Waals surface area contributed by atoms with Gasteiger partial charge in [-0.2, -0.15) is 0 Å². The van der Waals surface area contributed by atoms with Gasteiger partial charge in [0.2, 0.25) is 5.91 Å². The van der Waals surface area contributed by atoms with Crippen molar-refractivity contribution in [2.45, 2.75) is 17.4 Å². The molecule has 8 heteroatoms. The first-order valence-electron chi connectivity index (χ1n) is 8.82. The first-order valence-corrected chi connectivity index (χ1v) is 10.6. The highest BCUT2D eigenvalue weighted by molar-refractivity contribution is 9.09. The summed E-state index contributed by atoms with van der Waals surface area (Å²) >= 11 is 5.02. The molecule has 1 saturated heterocycles. The number of rotatable bonds is 4. The van der Waals surface area contributed by atoms with Gasteiger partial charge in [-0.25, -0.2) is 4.98 Å². The average Bonchev–Trinajstić information content (AvgIpc) is 3.40. The second-order valence-electron chi connectivity index (χ2n) is 7.22. The lowest BCUT2D eigenvalue weighted by atomic mass is 9.79. The van der Waals surface area contributed by atoms with E-state index in [1.807, 2.05) is 29.6 Å². The lowest BCUT2D eigenvalue weighted by molar-refractivity contribution is -0.145. The Hall–Kier alpha value is -1.93. The Morgan fingerprint density at radius 1 is 1.33 bits per heavy atom. The van der Waals surface area contributed by atoms with Crippen LogP contribution in [0.1, 0.15) is 6.42 Å². The molecule has 6 atom stereocenters. The summed E-state index contributed by atoms with van der Waals surface area (Å²) in [5, 5.41) is 5.37. The predicted molar refractivity (Wildman–Crippen MR) is 104 cm³/mol. The summed E-state index contributed by atoms with van der Waals surface area (Å²) < 4.78 is 10.6. The number of carbonyl (C=O) groups is 2. The van der Waals surface area contributed by atoms with Crippen molar-refractivity contribution in [3.05, 3.63) is 29.6 Å². The molecule has 1 N–H and O–H groups in total. The van der Waals surface area contributed by atoms with Crippen molar-refractivity contribution in [2.75, 3.05) is 12.4 Å². The average molecular weight is 449 g/mol. The van der Waals surface area contributed by atoms with Crippen molar-refractivity contribution in [2.24, 2.45) is 23.7 Å². The molecular weight excluding hydrogens is 432 g/mol. The van der Waals surface area contributed by atoms with Crippen molar-refractivity contribution in [1.29, 1.82) is 0 Å². The van der Waals surface area contributed by atoms with E-state index in [0.717, 1.165) is 23.4 Å². The van der Waals surface area contributed by atoms with Crippen LogP contribution in [-0.2, 0) is 14.3 Å². The molecule has 2 bridgehead atoms. The minimum absolute atomic E-state index is 0.0621. The molecule has 0 unspecified atom stereocenters. The number of hydrogen-bond donors (Lipinski definition) is 1. The Labute approximate surface area is 168 Å². The number of fused-ring (bicyclic) bond motifs is 1. The number of anilines is 1. The van der Waals surface area contributed by atoms with Gasteiger partial charge in [0.25, 0.3) is 0 Å². The van der Waals surface area contributed by atoms with Crippen LogP contribution in [0.3, 0.4) is 0 Å². The maximum Gasteiger partial charge on any atom is 0.310 e. The smallest absolute Gasteiger partial charge is 0.310 e. The number of amides is 1. The second kappa shape index (κ2) is 6.31. The SMILES string of the molecule is COc1ccc(-c2csc(NC(=O)[C@@H]3[C@H]4C[C@H]5[C@H](OC(=O)[C@@H]53)[C@@H]4Br)n2)cc1. The maximum absolute atomic E-state index is 12.9. The molecule has 6 nitrogen and oxygen atoms in total. The lowest BCUT2D eigenvalue weighted by Gasteiger charge is -2.27. The van der Waals surface area contributed by atoms with Gasteiger partial charge in [-0.3, -0.25) is 9.59 Å². The molecule has 2 heterocycles. The van der Waals surface area contributed by atoms with Crippen LogP contribution in [-0.4, -0.2) is 34.9 Å². The zero-order valence-electron chi connectivity index (χ0n) is 14.4. The van der Waals surface area contributed by atoms with Crippen LogP contribution in [0.2, 0.25) is 0 Å². The van der Waals surface area contributed by atoms with Gasteiger partial charge in [0.15, 0.2) is 5.13 Å². The van der Waals surface area contributed by atoms with Crippen molar-refractivity contribution < 1.29 is 19.1 Å². The Morgan fingerprint density at radius 3 is 2.85 bits per heavy atom. The van der Waals surface area contributed by atoms with Gasteiger partial charge >= 0.3 is 5.97 Å². The third-order valence-electron chi connectivity index (χ3n) is 5.95. The minimum Gasteiger partial charge on any atom is -0.497 e. The Kier molecular flexibility index (Phi) is 4.01. The lowest BCUT2D eigenvalue weighted by Crippen LogP contribution is -2.40. The summed E-state index contributed by atoms with van der Waals surface area (Å²) in [7, 11) is 1.63. The molecule has 2 saturated carbocycles. The van der Waals surface area contributed by atoms with Crippen molar-refractivity contribution in [3.8, 4) is 17.0 Å². The number of ether oxygens (including phenoxy) is 2. The van der Waals surface area contributed by atoms with Crippen LogP contribution in [0.25, 0.3) is 11.3 Å². The highest BCUT2D eigenvalue weighted by Gasteiger charge is 2.67. The number of hydrogen-bond acceptors (Lipinski definition) is 6. The van der Waals surface area contributed by atoms with Crippen LogP contribution in [0.15, 0.2) is 29.6 Å². The van der Waals surface area contributed by atoms with Gasteiger partial charge in [-0.15, -0.1) is 11.3 Å². The van der Waals surface area contributed by atoms with E-state index in [9.17, 15) is 9.59 Å². The van der Waals surface area contributed by atoms with Gasteiger partial charge in [0.1, 0.15) is 11.9 Å². The summed E-state index contributed by atoms with van der Waals surface area (Å²) in [4.78, 5) is 29.7. The van der Waals surface area contributed by atoms with Crippen molar-refractivity contribution >= 4 is 44.3 Å². The monoisotopic (exact) mass is 448 g/mol. The summed E-state index contributed by atoms with van der Waals surface area (Å²) in [5.41, 5.74) is 1.75. The molecule has 1 aromatic carbocycles. The fraction of sp³-hybridized carbons (Fsp3) is 0.421. The number of thiazole rings is 1. The number of carbonyl (C=O) groups excluding carboxylic acids is 2. The van der Waals surface area contributed by atoms with E-state index in [1.54, 1.807) is 7.11 Å². The third-order valence-corrected chi connectivity index (χ3v) is 7.90. The zero-order chi connectivity index (χ0) is 18.7. The third kappa shape index (κ3) is 2.61. The second-order valence-corrected chi connectivity index (χ2v) is 9.13. The van der Waals surface area contributed by atoms with Crippen LogP contribution in [0.4, 0.5) is 5.13 Å². The van der Waals surface area contributed by atoms with Crippen LogP contribution >= 0.6 is 27.3 Å². The number of methoxy groups -OCH3 is 1. The molecule has 2 aromatic rings. The molecule has 0 spiro atoms. The Bertz CT molecular complexity index is 915. The molecule has 1 aliphatic heterocycles. The largest absolute Gasteiger partial charge is 0.497 e. The quantitative estimate of drug-likeness (QED) is 0.573. The normalized spacial score (nSPS) is 33.2. The number of alkyl halides is 1. The summed E-state index contributed by atoms with van der Waals surface area (Å²) in [6, 6.07) is 7.61.